The smallest absolute Gasteiger partial charge is 0.167 e. The van der Waals surface area contributed by atoms with Gasteiger partial charge in [0.15, 0.2) is 11.6 Å². The number of anilines is 1. The molecule has 0 fully saturated rings. The van der Waals surface area contributed by atoms with Crippen LogP contribution in [0.4, 0.5) is 10.1 Å². The molecule has 0 aliphatic rings. The summed E-state index contributed by atoms with van der Waals surface area (Å²) in [4.78, 5) is 0.962. The minimum Gasteiger partial charge on any atom is -0.453 e. The van der Waals surface area contributed by atoms with Gasteiger partial charge < -0.3 is 10.5 Å². The van der Waals surface area contributed by atoms with E-state index in [1.807, 2.05) is 30.5 Å². The van der Waals surface area contributed by atoms with Crippen molar-refractivity contribution >= 4 is 17.4 Å². The van der Waals surface area contributed by atoms with Gasteiger partial charge in [0, 0.05) is 16.6 Å². The Hall–Kier alpha value is -1.68. The van der Waals surface area contributed by atoms with E-state index in [0.717, 1.165) is 4.90 Å². The van der Waals surface area contributed by atoms with E-state index in [0.29, 0.717) is 11.4 Å². The van der Waals surface area contributed by atoms with E-state index >= 15 is 0 Å². The number of hydrogen-bond donors (Lipinski definition) is 1. The summed E-state index contributed by atoms with van der Waals surface area (Å²) >= 11 is 1.55. The molecule has 0 spiro atoms. The van der Waals surface area contributed by atoms with E-state index in [2.05, 4.69) is 0 Å². The molecule has 4 heteroatoms. The lowest BCUT2D eigenvalue weighted by molar-refractivity contribution is 0.434. The zero-order chi connectivity index (χ0) is 12.3. The molecule has 0 saturated heterocycles. The third kappa shape index (κ3) is 2.71. The van der Waals surface area contributed by atoms with Crippen LogP contribution in [0, 0.1) is 5.82 Å². The number of rotatable bonds is 3. The van der Waals surface area contributed by atoms with E-state index < -0.39 is 5.82 Å². The van der Waals surface area contributed by atoms with Gasteiger partial charge in [0.25, 0.3) is 0 Å². The van der Waals surface area contributed by atoms with Crippen LogP contribution >= 0.6 is 11.8 Å². The van der Waals surface area contributed by atoms with Crippen molar-refractivity contribution in [2.45, 2.75) is 4.90 Å². The van der Waals surface area contributed by atoms with Gasteiger partial charge in [0.1, 0.15) is 5.75 Å². The van der Waals surface area contributed by atoms with Gasteiger partial charge in [-0.2, -0.15) is 0 Å². The van der Waals surface area contributed by atoms with Crippen molar-refractivity contribution < 1.29 is 9.13 Å². The van der Waals surface area contributed by atoms with Crippen LogP contribution in [0.15, 0.2) is 47.4 Å². The van der Waals surface area contributed by atoms with E-state index in [9.17, 15) is 4.39 Å². The molecule has 0 radical (unpaired) electrons. The predicted octanol–water partition coefficient (Wildman–Crippen LogP) is 3.92. The fourth-order valence-corrected chi connectivity index (χ4v) is 1.95. The summed E-state index contributed by atoms with van der Waals surface area (Å²) in [5, 5.41) is 0. The van der Waals surface area contributed by atoms with E-state index in [-0.39, 0.29) is 5.75 Å². The number of nitrogens with two attached hydrogens (primary N) is 1. The highest BCUT2D eigenvalue weighted by Gasteiger charge is 2.07. The van der Waals surface area contributed by atoms with Crippen molar-refractivity contribution in [1.29, 1.82) is 0 Å². The quantitative estimate of drug-likeness (QED) is 0.661. The maximum Gasteiger partial charge on any atom is 0.167 e. The van der Waals surface area contributed by atoms with Crippen LogP contribution < -0.4 is 10.5 Å². The van der Waals surface area contributed by atoms with E-state index in [4.69, 9.17) is 10.5 Å². The molecule has 2 aromatic rings. The van der Waals surface area contributed by atoms with Crippen LogP contribution in [0.25, 0.3) is 0 Å². The molecule has 0 aliphatic carbocycles. The first kappa shape index (κ1) is 11.8. The number of ether oxygens (including phenoxy) is 1. The molecule has 0 aliphatic heterocycles. The van der Waals surface area contributed by atoms with Crippen molar-refractivity contribution in [3.05, 3.63) is 48.3 Å². The zero-order valence-corrected chi connectivity index (χ0v) is 10.1. The van der Waals surface area contributed by atoms with Crippen LogP contribution in [0.3, 0.4) is 0 Å². The van der Waals surface area contributed by atoms with E-state index in [1.54, 1.807) is 17.8 Å². The van der Waals surface area contributed by atoms with Crippen molar-refractivity contribution in [3.8, 4) is 11.5 Å². The summed E-state index contributed by atoms with van der Waals surface area (Å²) in [7, 11) is 0. The fourth-order valence-electron chi connectivity index (χ4n) is 1.42. The maximum atomic E-state index is 13.6. The molecule has 0 aromatic heterocycles. The second-order valence-electron chi connectivity index (χ2n) is 3.44. The Labute approximate surface area is 104 Å². The lowest BCUT2D eigenvalue weighted by Gasteiger charge is -2.10. The van der Waals surface area contributed by atoms with Crippen LogP contribution in [0.5, 0.6) is 11.5 Å². The molecule has 0 bridgehead atoms. The summed E-state index contributed by atoms with van der Waals surface area (Å²) < 4.78 is 19.1. The molecule has 2 aromatic carbocycles. The van der Waals surface area contributed by atoms with Crippen LogP contribution in [-0.2, 0) is 0 Å². The van der Waals surface area contributed by atoms with Crippen molar-refractivity contribution in [3.63, 3.8) is 0 Å². The highest BCUT2D eigenvalue weighted by Crippen LogP contribution is 2.32. The Morgan fingerprint density at radius 1 is 1.12 bits per heavy atom. The molecule has 0 atom stereocenters. The minimum absolute atomic E-state index is 0.181. The molecular weight excluding hydrogens is 237 g/mol. The molecule has 2 rings (SSSR count). The van der Waals surface area contributed by atoms with E-state index in [1.165, 1.54) is 12.1 Å². The lowest BCUT2D eigenvalue weighted by atomic mass is 10.3. The number of hydrogen-bond acceptors (Lipinski definition) is 3. The Morgan fingerprint density at radius 2 is 1.88 bits per heavy atom. The minimum atomic E-state index is -0.457. The highest BCUT2D eigenvalue weighted by atomic mass is 32.2. The summed E-state index contributed by atoms with van der Waals surface area (Å²) in [5.41, 5.74) is 5.86. The lowest BCUT2D eigenvalue weighted by Crippen LogP contribution is -1.92. The molecule has 2 nitrogen and oxygen atoms in total. The molecule has 88 valence electrons. The fraction of sp³-hybridized carbons (Fsp3) is 0.0769. The third-order valence-corrected chi connectivity index (χ3v) is 3.02. The second-order valence-corrected chi connectivity index (χ2v) is 4.29. The van der Waals surface area contributed by atoms with Crippen molar-refractivity contribution in [1.82, 2.24) is 0 Å². The highest BCUT2D eigenvalue weighted by molar-refractivity contribution is 7.98. The van der Waals surface area contributed by atoms with Gasteiger partial charge in [-0.3, -0.25) is 0 Å². The normalized spacial score (nSPS) is 10.2. The predicted molar refractivity (Wildman–Crippen MR) is 69.1 cm³/mol. The number of thioether (sulfide) groups is 1. The maximum absolute atomic E-state index is 13.6. The van der Waals surface area contributed by atoms with Crippen LogP contribution in [-0.4, -0.2) is 6.26 Å². The molecular formula is C13H12FNOS. The topological polar surface area (TPSA) is 35.2 Å². The third-order valence-electron chi connectivity index (χ3n) is 2.24. The van der Waals surface area contributed by atoms with Crippen LogP contribution in [0.2, 0.25) is 0 Å². The van der Waals surface area contributed by atoms with Crippen molar-refractivity contribution in [2.24, 2.45) is 0 Å². The molecule has 0 amide bonds. The average Bonchev–Trinajstić information content (AvgIpc) is 2.33. The first-order chi connectivity index (χ1) is 8.20. The largest absolute Gasteiger partial charge is 0.453 e. The van der Waals surface area contributed by atoms with Gasteiger partial charge >= 0.3 is 0 Å². The van der Waals surface area contributed by atoms with Crippen LogP contribution in [0.1, 0.15) is 0 Å². The van der Waals surface area contributed by atoms with Crippen molar-refractivity contribution in [2.75, 3.05) is 12.0 Å². The number of halogens is 1. The Balaban J connectivity index is 2.31. The van der Waals surface area contributed by atoms with Gasteiger partial charge in [-0.05, 0) is 30.5 Å². The molecule has 2 N–H and O–H groups in total. The number of benzene rings is 2. The second kappa shape index (κ2) is 5.10. The summed E-state index contributed by atoms with van der Waals surface area (Å²) in [6.07, 6.45) is 1.95. The average molecular weight is 249 g/mol. The number of para-hydroxylation sites is 1. The summed E-state index contributed by atoms with van der Waals surface area (Å²) in [6.45, 7) is 0. The Bertz CT molecular complexity index is 531. The molecule has 0 heterocycles. The number of nitrogen functional groups attached to an aromatic ring is 1. The van der Waals surface area contributed by atoms with Gasteiger partial charge in [0.05, 0.1) is 0 Å². The zero-order valence-electron chi connectivity index (χ0n) is 9.31. The Morgan fingerprint density at radius 3 is 2.59 bits per heavy atom. The van der Waals surface area contributed by atoms with Gasteiger partial charge in [-0.25, -0.2) is 4.39 Å². The molecule has 0 unspecified atom stereocenters. The van der Waals surface area contributed by atoms with Gasteiger partial charge in [0.2, 0.25) is 0 Å². The molecule has 17 heavy (non-hydrogen) atoms. The Kier molecular flexibility index (Phi) is 3.54. The first-order valence-corrected chi connectivity index (χ1v) is 6.29. The monoisotopic (exact) mass is 249 g/mol. The van der Waals surface area contributed by atoms with Gasteiger partial charge in [-0.1, -0.05) is 12.1 Å². The molecule has 0 saturated carbocycles. The summed E-state index contributed by atoms with van der Waals surface area (Å²) in [6, 6.07) is 11.9. The summed E-state index contributed by atoms with van der Waals surface area (Å²) in [5.74, 6) is 0.366. The van der Waals surface area contributed by atoms with Gasteiger partial charge in [-0.15, -0.1) is 11.8 Å². The standard InChI is InChI=1S/C13H12FNOS/c1-17-13-5-3-2-4-12(13)16-11-7-6-9(15)8-10(11)14/h2-8H,15H2,1H3. The first-order valence-electron chi connectivity index (χ1n) is 5.06. The SMILES string of the molecule is CSc1ccccc1Oc1ccc(N)cc1F.